The minimum absolute atomic E-state index is 0.194. The van der Waals surface area contributed by atoms with Crippen LogP contribution in [-0.4, -0.2) is 12.5 Å². The van der Waals surface area contributed by atoms with Crippen molar-refractivity contribution in [1.29, 1.82) is 0 Å². The van der Waals surface area contributed by atoms with E-state index in [2.05, 4.69) is 21.2 Å². The first kappa shape index (κ1) is 15.9. The summed E-state index contributed by atoms with van der Waals surface area (Å²) in [6.07, 6.45) is 0.934. The molecule has 0 aromatic heterocycles. The maximum atomic E-state index is 12.2. The highest BCUT2D eigenvalue weighted by atomic mass is 79.9. The molecule has 3 nitrogen and oxygen atoms in total. The summed E-state index contributed by atoms with van der Waals surface area (Å²) in [7, 11) is 0. The van der Waals surface area contributed by atoms with Crippen molar-refractivity contribution < 1.29 is 9.53 Å². The van der Waals surface area contributed by atoms with Gasteiger partial charge in [0.05, 0.1) is 11.1 Å². The van der Waals surface area contributed by atoms with Gasteiger partial charge in [-0.3, -0.25) is 4.79 Å². The van der Waals surface area contributed by atoms with Crippen molar-refractivity contribution in [2.45, 2.75) is 13.3 Å². The number of ether oxygens (including phenoxy) is 1. The van der Waals surface area contributed by atoms with Crippen molar-refractivity contribution >= 4 is 39.1 Å². The van der Waals surface area contributed by atoms with Gasteiger partial charge in [0, 0.05) is 16.3 Å². The molecule has 0 atom stereocenters. The smallest absolute Gasteiger partial charge is 0.255 e. The maximum Gasteiger partial charge on any atom is 0.255 e. The molecule has 0 saturated heterocycles. The van der Waals surface area contributed by atoms with E-state index in [1.807, 2.05) is 6.92 Å². The van der Waals surface area contributed by atoms with Gasteiger partial charge in [-0.15, -0.1) is 0 Å². The highest BCUT2D eigenvalue weighted by Crippen LogP contribution is 2.26. The van der Waals surface area contributed by atoms with Gasteiger partial charge in [-0.25, -0.2) is 0 Å². The molecule has 0 spiro atoms. The van der Waals surface area contributed by atoms with Crippen molar-refractivity contribution in [3.63, 3.8) is 0 Å². The van der Waals surface area contributed by atoms with Crippen molar-refractivity contribution in [2.75, 3.05) is 11.9 Å². The minimum Gasteiger partial charge on any atom is -0.492 e. The van der Waals surface area contributed by atoms with Gasteiger partial charge in [-0.2, -0.15) is 0 Å². The van der Waals surface area contributed by atoms with Gasteiger partial charge in [0.1, 0.15) is 5.75 Å². The third kappa shape index (κ3) is 4.48. The van der Waals surface area contributed by atoms with E-state index in [-0.39, 0.29) is 5.91 Å². The Hall–Kier alpha value is -1.52. The molecule has 0 radical (unpaired) electrons. The second kappa shape index (κ2) is 7.48. The summed E-state index contributed by atoms with van der Waals surface area (Å²) in [6, 6.07) is 12.3. The van der Waals surface area contributed by atoms with Crippen molar-refractivity contribution in [3.05, 3.63) is 57.5 Å². The Bertz CT molecular complexity index is 646. The lowest BCUT2D eigenvalue weighted by atomic mass is 10.2. The quantitative estimate of drug-likeness (QED) is 0.793. The SMILES string of the molecule is CCCOc1ccc(C(=O)Nc2cccc(Cl)c2)cc1Br. The van der Waals surface area contributed by atoms with Crippen LogP contribution in [0.5, 0.6) is 5.75 Å². The second-order valence-electron chi connectivity index (χ2n) is 4.46. The van der Waals surface area contributed by atoms with Gasteiger partial charge in [-0.05, 0) is 58.7 Å². The molecule has 0 bridgehead atoms. The minimum atomic E-state index is -0.194. The molecule has 0 aliphatic heterocycles. The number of carbonyl (C=O) groups excluding carboxylic acids is 1. The molecule has 0 fully saturated rings. The molecule has 110 valence electrons. The number of nitrogens with one attached hydrogen (secondary N) is 1. The molecular weight excluding hydrogens is 354 g/mol. The van der Waals surface area contributed by atoms with E-state index in [1.54, 1.807) is 42.5 Å². The monoisotopic (exact) mass is 367 g/mol. The fourth-order valence-corrected chi connectivity index (χ4v) is 2.42. The third-order valence-electron chi connectivity index (χ3n) is 2.74. The summed E-state index contributed by atoms with van der Waals surface area (Å²) in [5.74, 6) is 0.538. The highest BCUT2D eigenvalue weighted by molar-refractivity contribution is 9.10. The maximum absolute atomic E-state index is 12.2. The molecule has 0 unspecified atom stereocenters. The summed E-state index contributed by atoms with van der Waals surface area (Å²) in [5.41, 5.74) is 1.21. The Morgan fingerprint density at radius 3 is 2.76 bits per heavy atom. The van der Waals surface area contributed by atoms with E-state index in [9.17, 15) is 4.79 Å². The molecule has 5 heteroatoms. The van der Waals surface area contributed by atoms with E-state index < -0.39 is 0 Å². The molecule has 2 aromatic rings. The van der Waals surface area contributed by atoms with Gasteiger partial charge in [0.15, 0.2) is 0 Å². The first-order chi connectivity index (χ1) is 10.1. The summed E-state index contributed by atoms with van der Waals surface area (Å²) in [5, 5.41) is 3.38. The van der Waals surface area contributed by atoms with Crippen LogP contribution < -0.4 is 10.1 Å². The normalized spacial score (nSPS) is 10.2. The van der Waals surface area contributed by atoms with Crippen LogP contribution in [-0.2, 0) is 0 Å². The summed E-state index contributed by atoms with van der Waals surface area (Å²) >= 11 is 9.31. The highest BCUT2D eigenvalue weighted by Gasteiger charge is 2.09. The first-order valence-electron chi connectivity index (χ1n) is 6.59. The lowest BCUT2D eigenvalue weighted by Crippen LogP contribution is -2.12. The average Bonchev–Trinajstić information content (AvgIpc) is 2.46. The number of rotatable bonds is 5. The molecule has 0 saturated carbocycles. The van der Waals surface area contributed by atoms with E-state index in [1.165, 1.54) is 0 Å². The number of hydrogen-bond donors (Lipinski definition) is 1. The fourth-order valence-electron chi connectivity index (χ4n) is 1.74. The van der Waals surface area contributed by atoms with E-state index >= 15 is 0 Å². The summed E-state index contributed by atoms with van der Waals surface area (Å²) < 4.78 is 6.32. The Morgan fingerprint density at radius 2 is 2.10 bits per heavy atom. The molecule has 21 heavy (non-hydrogen) atoms. The number of halogens is 2. The average molecular weight is 369 g/mol. The molecular formula is C16H15BrClNO2. The third-order valence-corrected chi connectivity index (χ3v) is 3.59. The number of anilines is 1. The van der Waals surface area contributed by atoms with E-state index in [0.29, 0.717) is 22.9 Å². The zero-order valence-electron chi connectivity index (χ0n) is 11.5. The molecule has 0 heterocycles. The van der Waals surface area contributed by atoms with Gasteiger partial charge < -0.3 is 10.1 Å². The molecule has 1 amide bonds. The van der Waals surface area contributed by atoms with Crippen molar-refractivity contribution in [2.24, 2.45) is 0 Å². The summed E-state index contributed by atoms with van der Waals surface area (Å²) in [4.78, 5) is 12.2. The standard InChI is InChI=1S/C16H15BrClNO2/c1-2-8-21-15-7-6-11(9-14(15)17)16(20)19-13-5-3-4-12(18)10-13/h3-7,9-10H,2,8H2,1H3,(H,19,20). The topological polar surface area (TPSA) is 38.3 Å². The number of carbonyl (C=O) groups is 1. The van der Waals surface area contributed by atoms with E-state index in [4.69, 9.17) is 16.3 Å². The van der Waals surface area contributed by atoms with Gasteiger partial charge in [-0.1, -0.05) is 24.6 Å². The van der Waals surface area contributed by atoms with Crippen LogP contribution >= 0.6 is 27.5 Å². The van der Waals surface area contributed by atoms with Crippen LogP contribution in [0.25, 0.3) is 0 Å². The van der Waals surface area contributed by atoms with Crippen LogP contribution in [0.15, 0.2) is 46.9 Å². The van der Waals surface area contributed by atoms with Gasteiger partial charge in [0.2, 0.25) is 0 Å². The van der Waals surface area contributed by atoms with Gasteiger partial charge in [0.25, 0.3) is 5.91 Å². The Balaban J connectivity index is 2.11. The van der Waals surface area contributed by atoms with Crippen LogP contribution in [0.1, 0.15) is 23.7 Å². The lowest BCUT2D eigenvalue weighted by molar-refractivity contribution is 0.102. The molecule has 2 aromatic carbocycles. The largest absolute Gasteiger partial charge is 0.492 e. The van der Waals surface area contributed by atoms with Crippen molar-refractivity contribution in [1.82, 2.24) is 0 Å². The zero-order valence-corrected chi connectivity index (χ0v) is 13.9. The van der Waals surface area contributed by atoms with Gasteiger partial charge >= 0.3 is 0 Å². The number of hydrogen-bond acceptors (Lipinski definition) is 2. The fraction of sp³-hybridized carbons (Fsp3) is 0.188. The zero-order chi connectivity index (χ0) is 15.2. The van der Waals surface area contributed by atoms with E-state index in [0.717, 1.165) is 16.6 Å². The van der Waals surface area contributed by atoms with Crippen molar-refractivity contribution in [3.8, 4) is 5.75 Å². The Kier molecular flexibility index (Phi) is 5.65. The molecule has 0 aliphatic carbocycles. The predicted molar refractivity (Wildman–Crippen MR) is 89.3 cm³/mol. The lowest BCUT2D eigenvalue weighted by Gasteiger charge is -2.09. The predicted octanol–water partition coefficient (Wildman–Crippen LogP) is 5.14. The van der Waals surface area contributed by atoms with Crippen LogP contribution in [0, 0.1) is 0 Å². The Morgan fingerprint density at radius 1 is 1.29 bits per heavy atom. The summed E-state index contributed by atoms with van der Waals surface area (Å²) in [6.45, 7) is 2.69. The van der Waals surface area contributed by atoms with Crippen LogP contribution in [0.4, 0.5) is 5.69 Å². The number of amides is 1. The first-order valence-corrected chi connectivity index (χ1v) is 7.76. The Labute approximate surface area is 137 Å². The molecule has 0 aliphatic rings. The molecule has 2 rings (SSSR count). The number of benzene rings is 2. The van der Waals surface area contributed by atoms with Crippen LogP contribution in [0.2, 0.25) is 5.02 Å². The second-order valence-corrected chi connectivity index (χ2v) is 5.75. The molecule has 1 N–H and O–H groups in total. The van der Waals surface area contributed by atoms with Crippen LogP contribution in [0.3, 0.4) is 0 Å².